The number of nitrogens with one attached hydrogen (secondary N) is 1. The maximum Gasteiger partial charge on any atom is 0.127 e. The lowest BCUT2D eigenvalue weighted by molar-refractivity contribution is 0.606. The molecule has 21 heavy (non-hydrogen) atoms. The number of hydrogen-bond acceptors (Lipinski definition) is 1. The fourth-order valence-corrected chi connectivity index (χ4v) is 2.74. The number of benzene rings is 2. The molecule has 1 atom stereocenters. The third kappa shape index (κ3) is 3.57. The molecule has 2 aromatic rings. The molecule has 0 bridgehead atoms. The highest BCUT2D eigenvalue weighted by atomic mass is 35.5. The smallest absolute Gasteiger partial charge is 0.127 e. The van der Waals surface area contributed by atoms with E-state index in [0.717, 1.165) is 28.3 Å². The molecular weight excluding hydrogens is 308 g/mol. The van der Waals surface area contributed by atoms with E-state index in [1.807, 2.05) is 32.0 Å². The van der Waals surface area contributed by atoms with Crippen molar-refractivity contribution in [1.82, 2.24) is 5.32 Å². The van der Waals surface area contributed by atoms with E-state index in [4.69, 9.17) is 23.2 Å². The lowest BCUT2D eigenvalue weighted by Gasteiger charge is -2.21. The standard InChI is InChI=1S/C17H18Cl2FN/c1-4-21-17(12-5-6-14(18)10(2)7-12)13-8-11(3)16(20)9-15(13)19/h5-9,17,21H,4H2,1-3H3. The van der Waals surface area contributed by atoms with Crippen LogP contribution in [-0.2, 0) is 0 Å². The van der Waals surface area contributed by atoms with Gasteiger partial charge >= 0.3 is 0 Å². The number of rotatable bonds is 4. The van der Waals surface area contributed by atoms with Gasteiger partial charge in [-0.3, -0.25) is 0 Å². The summed E-state index contributed by atoms with van der Waals surface area (Å²) < 4.78 is 13.6. The van der Waals surface area contributed by atoms with Gasteiger partial charge in [-0.2, -0.15) is 0 Å². The van der Waals surface area contributed by atoms with Crippen LogP contribution in [0.3, 0.4) is 0 Å². The van der Waals surface area contributed by atoms with Crippen molar-refractivity contribution in [1.29, 1.82) is 0 Å². The molecule has 0 aliphatic heterocycles. The van der Waals surface area contributed by atoms with Gasteiger partial charge in [-0.25, -0.2) is 4.39 Å². The molecular formula is C17H18Cl2FN. The average Bonchev–Trinajstić information content (AvgIpc) is 2.44. The molecule has 1 N–H and O–H groups in total. The zero-order valence-corrected chi connectivity index (χ0v) is 13.8. The summed E-state index contributed by atoms with van der Waals surface area (Å²) in [6, 6.07) is 8.97. The Morgan fingerprint density at radius 1 is 1.05 bits per heavy atom. The largest absolute Gasteiger partial charge is 0.306 e. The van der Waals surface area contributed by atoms with Crippen molar-refractivity contribution in [3.8, 4) is 0 Å². The summed E-state index contributed by atoms with van der Waals surface area (Å²) in [6.45, 7) is 6.51. The van der Waals surface area contributed by atoms with Crippen molar-refractivity contribution < 1.29 is 4.39 Å². The van der Waals surface area contributed by atoms with Crippen LogP contribution in [0, 0.1) is 19.7 Å². The Morgan fingerprint density at radius 3 is 2.38 bits per heavy atom. The molecule has 0 amide bonds. The van der Waals surface area contributed by atoms with Crippen molar-refractivity contribution in [2.45, 2.75) is 26.8 Å². The normalized spacial score (nSPS) is 12.5. The van der Waals surface area contributed by atoms with Gasteiger partial charge in [0, 0.05) is 10.0 Å². The second kappa shape index (κ2) is 6.78. The molecule has 4 heteroatoms. The minimum Gasteiger partial charge on any atom is -0.306 e. The molecule has 1 unspecified atom stereocenters. The van der Waals surface area contributed by atoms with Gasteiger partial charge in [-0.15, -0.1) is 0 Å². The van der Waals surface area contributed by atoms with E-state index in [1.165, 1.54) is 6.07 Å². The van der Waals surface area contributed by atoms with Crippen molar-refractivity contribution in [2.75, 3.05) is 6.54 Å². The topological polar surface area (TPSA) is 12.0 Å². The Labute approximate surface area is 135 Å². The van der Waals surface area contributed by atoms with E-state index < -0.39 is 0 Å². The monoisotopic (exact) mass is 325 g/mol. The first kappa shape index (κ1) is 16.3. The van der Waals surface area contributed by atoms with Gasteiger partial charge in [0.15, 0.2) is 0 Å². The van der Waals surface area contributed by atoms with Gasteiger partial charge < -0.3 is 5.32 Å². The SMILES string of the molecule is CCNC(c1ccc(Cl)c(C)c1)c1cc(C)c(F)cc1Cl. The maximum absolute atomic E-state index is 13.6. The van der Waals surface area contributed by atoms with Gasteiger partial charge in [0.2, 0.25) is 0 Å². The van der Waals surface area contributed by atoms with Crippen LogP contribution in [0.1, 0.15) is 35.2 Å². The highest BCUT2D eigenvalue weighted by Gasteiger charge is 2.18. The molecule has 0 radical (unpaired) electrons. The van der Waals surface area contributed by atoms with Crippen LogP contribution in [0.2, 0.25) is 10.0 Å². The number of aryl methyl sites for hydroxylation is 2. The van der Waals surface area contributed by atoms with E-state index in [-0.39, 0.29) is 11.9 Å². The zero-order valence-electron chi connectivity index (χ0n) is 12.3. The van der Waals surface area contributed by atoms with E-state index in [0.29, 0.717) is 10.6 Å². The zero-order chi connectivity index (χ0) is 15.6. The molecule has 0 heterocycles. The van der Waals surface area contributed by atoms with Crippen molar-refractivity contribution in [3.63, 3.8) is 0 Å². The first-order valence-electron chi connectivity index (χ1n) is 6.89. The summed E-state index contributed by atoms with van der Waals surface area (Å²) in [5.41, 5.74) is 3.53. The number of halogens is 3. The van der Waals surface area contributed by atoms with Gasteiger partial charge in [0.05, 0.1) is 6.04 Å². The summed E-state index contributed by atoms with van der Waals surface area (Å²) >= 11 is 12.3. The van der Waals surface area contributed by atoms with Gasteiger partial charge in [-0.1, -0.05) is 42.3 Å². The van der Waals surface area contributed by atoms with Crippen molar-refractivity contribution in [3.05, 3.63) is 68.4 Å². The molecule has 0 aliphatic rings. The third-order valence-corrected chi connectivity index (χ3v) is 4.26. The summed E-state index contributed by atoms with van der Waals surface area (Å²) in [7, 11) is 0. The molecule has 0 saturated heterocycles. The minimum absolute atomic E-state index is 0.0854. The Kier molecular flexibility index (Phi) is 5.26. The lowest BCUT2D eigenvalue weighted by Crippen LogP contribution is -2.22. The fraction of sp³-hybridized carbons (Fsp3) is 0.294. The van der Waals surface area contributed by atoms with Crippen LogP contribution >= 0.6 is 23.2 Å². The minimum atomic E-state index is -0.286. The first-order chi connectivity index (χ1) is 9.93. The second-order valence-electron chi connectivity index (χ2n) is 5.12. The second-order valence-corrected chi connectivity index (χ2v) is 5.94. The van der Waals surface area contributed by atoms with Crippen LogP contribution in [-0.4, -0.2) is 6.54 Å². The predicted octanol–water partition coefficient (Wildman–Crippen LogP) is 5.45. The van der Waals surface area contributed by atoms with Gasteiger partial charge in [-0.05, 0) is 60.8 Å². The van der Waals surface area contributed by atoms with Crippen LogP contribution in [0.25, 0.3) is 0 Å². The molecule has 2 aromatic carbocycles. The molecule has 112 valence electrons. The van der Waals surface area contributed by atoms with Crippen LogP contribution in [0.4, 0.5) is 4.39 Å². The fourth-order valence-electron chi connectivity index (χ4n) is 2.36. The molecule has 0 saturated carbocycles. The lowest BCUT2D eigenvalue weighted by atomic mass is 9.96. The Morgan fingerprint density at radius 2 is 1.76 bits per heavy atom. The van der Waals surface area contributed by atoms with E-state index in [2.05, 4.69) is 5.32 Å². The summed E-state index contributed by atoms with van der Waals surface area (Å²) in [6.07, 6.45) is 0. The van der Waals surface area contributed by atoms with Crippen LogP contribution in [0.5, 0.6) is 0 Å². The van der Waals surface area contributed by atoms with E-state index in [1.54, 1.807) is 13.0 Å². The number of hydrogen-bond donors (Lipinski definition) is 1. The van der Waals surface area contributed by atoms with Crippen LogP contribution < -0.4 is 5.32 Å². The Balaban J connectivity index is 2.52. The van der Waals surface area contributed by atoms with E-state index in [9.17, 15) is 4.39 Å². The molecule has 0 aliphatic carbocycles. The maximum atomic E-state index is 13.6. The Bertz CT molecular complexity index is 655. The predicted molar refractivity (Wildman–Crippen MR) is 87.9 cm³/mol. The third-order valence-electron chi connectivity index (χ3n) is 3.51. The average molecular weight is 326 g/mol. The van der Waals surface area contributed by atoms with E-state index >= 15 is 0 Å². The summed E-state index contributed by atoms with van der Waals surface area (Å²) in [5, 5.41) is 4.56. The molecule has 0 fully saturated rings. The quantitative estimate of drug-likeness (QED) is 0.788. The summed E-state index contributed by atoms with van der Waals surface area (Å²) in [4.78, 5) is 0. The van der Waals surface area contributed by atoms with Gasteiger partial charge in [0.25, 0.3) is 0 Å². The Hall–Kier alpha value is -1.09. The summed E-state index contributed by atoms with van der Waals surface area (Å²) in [5.74, 6) is -0.286. The molecule has 0 aromatic heterocycles. The molecule has 1 nitrogen and oxygen atoms in total. The highest BCUT2D eigenvalue weighted by Crippen LogP contribution is 2.32. The molecule has 2 rings (SSSR count). The van der Waals surface area contributed by atoms with Crippen molar-refractivity contribution >= 4 is 23.2 Å². The highest BCUT2D eigenvalue weighted by molar-refractivity contribution is 6.31. The molecule has 0 spiro atoms. The van der Waals surface area contributed by atoms with Gasteiger partial charge in [0.1, 0.15) is 5.82 Å². The van der Waals surface area contributed by atoms with Crippen molar-refractivity contribution in [2.24, 2.45) is 0 Å². The van der Waals surface area contributed by atoms with Crippen LogP contribution in [0.15, 0.2) is 30.3 Å². The first-order valence-corrected chi connectivity index (χ1v) is 7.64.